The van der Waals surface area contributed by atoms with Crippen molar-refractivity contribution in [2.45, 2.75) is 6.42 Å². The van der Waals surface area contributed by atoms with Gasteiger partial charge in [-0.2, -0.15) is 9.37 Å². The summed E-state index contributed by atoms with van der Waals surface area (Å²) in [6, 6.07) is 0. The summed E-state index contributed by atoms with van der Waals surface area (Å²) in [6.07, 6.45) is 2.30. The van der Waals surface area contributed by atoms with Crippen LogP contribution in [-0.4, -0.2) is 68.9 Å². The second-order valence-electron chi connectivity index (χ2n) is 5.36. The molecule has 1 atom stereocenters. The first-order valence-corrected chi connectivity index (χ1v) is 7.13. The molecule has 1 aromatic rings. The standard InChI is InChI=1S/C14H23FN4O2/c1-18(14-16-8-12(15)13(17-14)21-3)9-11-4-5-19(10-11)6-7-20-2/h8,11H,4-7,9-10H2,1-3H3/t11-/m1/s1. The molecule has 0 saturated carbocycles. The quantitative estimate of drug-likeness (QED) is 0.749. The van der Waals surface area contributed by atoms with Crippen LogP contribution in [0.15, 0.2) is 6.20 Å². The second kappa shape index (κ2) is 7.51. The summed E-state index contributed by atoms with van der Waals surface area (Å²) < 4.78 is 23.3. The predicted octanol–water partition coefficient (Wildman–Crippen LogP) is 1.03. The number of hydrogen-bond acceptors (Lipinski definition) is 6. The predicted molar refractivity (Wildman–Crippen MR) is 78.2 cm³/mol. The van der Waals surface area contributed by atoms with E-state index in [1.54, 1.807) is 7.11 Å². The van der Waals surface area contributed by atoms with E-state index < -0.39 is 5.82 Å². The van der Waals surface area contributed by atoms with Crippen LogP contribution in [0.2, 0.25) is 0 Å². The molecule has 0 aromatic carbocycles. The topological polar surface area (TPSA) is 50.7 Å². The summed E-state index contributed by atoms with van der Waals surface area (Å²) in [5.74, 6) is 0.497. The van der Waals surface area contributed by atoms with Crippen LogP contribution in [-0.2, 0) is 4.74 Å². The van der Waals surface area contributed by atoms with Crippen molar-refractivity contribution < 1.29 is 13.9 Å². The molecule has 2 heterocycles. The average molecular weight is 298 g/mol. The lowest BCUT2D eigenvalue weighted by Crippen LogP contribution is -2.30. The average Bonchev–Trinajstić information content (AvgIpc) is 2.93. The second-order valence-corrected chi connectivity index (χ2v) is 5.36. The van der Waals surface area contributed by atoms with Gasteiger partial charge in [-0.15, -0.1) is 0 Å². The van der Waals surface area contributed by atoms with E-state index >= 15 is 0 Å². The lowest BCUT2D eigenvalue weighted by Gasteiger charge is -2.22. The fraction of sp³-hybridized carbons (Fsp3) is 0.714. The molecule has 0 amide bonds. The van der Waals surface area contributed by atoms with Crippen LogP contribution < -0.4 is 9.64 Å². The van der Waals surface area contributed by atoms with Crippen molar-refractivity contribution in [1.29, 1.82) is 0 Å². The molecule has 0 spiro atoms. The monoisotopic (exact) mass is 298 g/mol. The fourth-order valence-corrected chi connectivity index (χ4v) is 2.62. The Hall–Kier alpha value is -1.47. The van der Waals surface area contributed by atoms with Gasteiger partial charge in [0.15, 0.2) is 0 Å². The Morgan fingerprint density at radius 3 is 3.00 bits per heavy atom. The minimum absolute atomic E-state index is 0.0139. The number of aromatic nitrogens is 2. The highest BCUT2D eigenvalue weighted by atomic mass is 19.1. The Balaban J connectivity index is 1.88. The molecule has 1 aromatic heterocycles. The van der Waals surface area contributed by atoms with Gasteiger partial charge in [-0.1, -0.05) is 0 Å². The molecule has 0 radical (unpaired) electrons. The molecule has 118 valence electrons. The van der Waals surface area contributed by atoms with Gasteiger partial charge < -0.3 is 19.3 Å². The maximum absolute atomic E-state index is 13.3. The minimum atomic E-state index is -0.541. The van der Waals surface area contributed by atoms with Gasteiger partial charge >= 0.3 is 0 Å². The highest BCUT2D eigenvalue weighted by molar-refractivity contribution is 5.31. The third-order valence-corrected chi connectivity index (χ3v) is 3.75. The van der Waals surface area contributed by atoms with Crippen LogP contribution in [0.4, 0.5) is 10.3 Å². The largest absolute Gasteiger partial charge is 0.479 e. The van der Waals surface area contributed by atoms with Crippen LogP contribution in [0.25, 0.3) is 0 Å². The molecule has 0 bridgehead atoms. The molecule has 1 aliphatic heterocycles. The van der Waals surface area contributed by atoms with Crippen molar-refractivity contribution in [3.63, 3.8) is 0 Å². The summed E-state index contributed by atoms with van der Waals surface area (Å²) in [6.45, 7) is 4.72. The molecule has 7 heteroatoms. The third kappa shape index (κ3) is 4.25. The van der Waals surface area contributed by atoms with Crippen molar-refractivity contribution in [2.75, 3.05) is 59.0 Å². The molecule has 2 rings (SSSR count). The maximum atomic E-state index is 13.3. The van der Waals surface area contributed by atoms with Crippen LogP contribution in [0.5, 0.6) is 5.88 Å². The first-order valence-electron chi connectivity index (χ1n) is 7.13. The van der Waals surface area contributed by atoms with E-state index in [1.165, 1.54) is 7.11 Å². The van der Waals surface area contributed by atoms with Gasteiger partial charge in [0.05, 0.1) is 19.9 Å². The first kappa shape index (κ1) is 15.9. The Morgan fingerprint density at radius 2 is 2.29 bits per heavy atom. The lowest BCUT2D eigenvalue weighted by molar-refractivity contribution is 0.159. The highest BCUT2D eigenvalue weighted by Gasteiger charge is 2.24. The third-order valence-electron chi connectivity index (χ3n) is 3.75. The maximum Gasteiger partial charge on any atom is 0.255 e. The van der Waals surface area contributed by atoms with Crippen molar-refractivity contribution in [2.24, 2.45) is 5.92 Å². The molecule has 21 heavy (non-hydrogen) atoms. The van der Waals surface area contributed by atoms with Crippen molar-refractivity contribution in [3.8, 4) is 5.88 Å². The SMILES string of the molecule is COCCN1CC[C@H](CN(C)c2ncc(F)c(OC)n2)C1. The number of hydrogen-bond donors (Lipinski definition) is 0. The zero-order valence-electron chi connectivity index (χ0n) is 12.9. The van der Waals surface area contributed by atoms with Gasteiger partial charge in [0.1, 0.15) is 0 Å². The van der Waals surface area contributed by atoms with Crippen LogP contribution in [0, 0.1) is 11.7 Å². The Morgan fingerprint density at radius 1 is 1.48 bits per heavy atom. The van der Waals surface area contributed by atoms with Crippen LogP contribution >= 0.6 is 0 Å². The van der Waals surface area contributed by atoms with Crippen molar-refractivity contribution in [1.82, 2.24) is 14.9 Å². The summed E-state index contributed by atoms with van der Waals surface area (Å²) in [5.41, 5.74) is 0. The van der Waals surface area contributed by atoms with E-state index in [1.807, 2.05) is 11.9 Å². The molecule has 1 aliphatic rings. The van der Waals surface area contributed by atoms with Gasteiger partial charge in [0, 0.05) is 33.8 Å². The molecule has 0 unspecified atom stereocenters. The number of anilines is 1. The number of ether oxygens (including phenoxy) is 2. The zero-order valence-corrected chi connectivity index (χ0v) is 12.9. The molecular weight excluding hydrogens is 275 g/mol. The molecule has 0 N–H and O–H groups in total. The summed E-state index contributed by atoms with van der Waals surface area (Å²) >= 11 is 0. The lowest BCUT2D eigenvalue weighted by atomic mass is 10.1. The fourth-order valence-electron chi connectivity index (χ4n) is 2.62. The van der Waals surface area contributed by atoms with E-state index in [4.69, 9.17) is 9.47 Å². The van der Waals surface area contributed by atoms with Gasteiger partial charge in [-0.05, 0) is 18.9 Å². The van der Waals surface area contributed by atoms with E-state index in [2.05, 4.69) is 14.9 Å². The Kier molecular flexibility index (Phi) is 5.69. The first-order chi connectivity index (χ1) is 10.1. The molecule has 0 aliphatic carbocycles. The Bertz CT molecular complexity index is 461. The van der Waals surface area contributed by atoms with E-state index in [0.717, 1.165) is 45.4 Å². The normalized spacial score (nSPS) is 19.0. The zero-order chi connectivity index (χ0) is 15.2. The summed E-state index contributed by atoms with van der Waals surface area (Å²) in [7, 11) is 5.05. The van der Waals surface area contributed by atoms with Gasteiger partial charge in [-0.3, -0.25) is 0 Å². The highest BCUT2D eigenvalue weighted by Crippen LogP contribution is 2.20. The van der Waals surface area contributed by atoms with Crippen LogP contribution in [0.3, 0.4) is 0 Å². The number of methoxy groups -OCH3 is 2. The van der Waals surface area contributed by atoms with Crippen molar-refractivity contribution >= 4 is 5.95 Å². The van der Waals surface area contributed by atoms with Crippen molar-refractivity contribution in [3.05, 3.63) is 12.0 Å². The minimum Gasteiger partial charge on any atom is -0.479 e. The number of likely N-dealkylation sites (tertiary alicyclic amines) is 1. The molecule has 1 saturated heterocycles. The van der Waals surface area contributed by atoms with Crippen LogP contribution in [0.1, 0.15) is 6.42 Å². The van der Waals surface area contributed by atoms with E-state index in [-0.39, 0.29) is 5.88 Å². The number of rotatable bonds is 7. The summed E-state index contributed by atoms with van der Waals surface area (Å²) in [4.78, 5) is 12.5. The van der Waals surface area contributed by atoms with Gasteiger partial charge in [0.2, 0.25) is 11.8 Å². The number of nitrogens with zero attached hydrogens (tertiary/aromatic N) is 4. The molecular formula is C14H23FN4O2. The van der Waals surface area contributed by atoms with Gasteiger partial charge in [-0.25, -0.2) is 4.98 Å². The molecule has 1 fully saturated rings. The summed E-state index contributed by atoms with van der Waals surface area (Å²) in [5, 5.41) is 0. The van der Waals surface area contributed by atoms with E-state index in [0.29, 0.717) is 11.9 Å². The smallest absolute Gasteiger partial charge is 0.255 e. The number of halogens is 1. The Labute approximate surface area is 124 Å². The van der Waals surface area contributed by atoms with Gasteiger partial charge in [0.25, 0.3) is 5.88 Å². The van der Waals surface area contributed by atoms with E-state index in [9.17, 15) is 4.39 Å². The molecule has 6 nitrogen and oxygen atoms in total.